The minimum atomic E-state index is -0.462. The van der Waals surface area contributed by atoms with Crippen molar-refractivity contribution in [3.8, 4) is 27.9 Å². The predicted molar refractivity (Wildman–Crippen MR) is 250 cm³/mol. The Balaban J connectivity index is 1.13. The first-order valence-corrected chi connectivity index (χ1v) is 21.0. The Labute approximate surface area is 351 Å². The van der Waals surface area contributed by atoms with Gasteiger partial charge < -0.3 is 9.47 Å². The lowest BCUT2D eigenvalue weighted by Crippen LogP contribution is -2.28. The lowest BCUT2D eigenvalue weighted by atomic mass is 9.68. The molecule has 0 bridgehead atoms. The van der Waals surface area contributed by atoms with Crippen molar-refractivity contribution in [1.29, 1.82) is 0 Å². The molecule has 0 saturated carbocycles. The number of aromatic nitrogens is 1. The van der Waals surface area contributed by atoms with Crippen LogP contribution in [0, 0.1) is 0 Å². The van der Waals surface area contributed by atoms with Gasteiger partial charge in [0.1, 0.15) is 0 Å². The minimum Gasteiger partial charge on any atom is -0.310 e. The van der Waals surface area contributed by atoms with Gasteiger partial charge in [-0.1, -0.05) is 178 Å². The van der Waals surface area contributed by atoms with Gasteiger partial charge in [0.2, 0.25) is 0 Å². The van der Waals surface area contributed by atoms with Gasteiger partial charge in [0.25, 0.3) is 0 Å². The Hall–Kier alpha value is -7.42. The lowest BCUT2D eigenvalue weighted by molar-refractivity contribution is 0.660. The SMILES string of the molecule is CC1(C)c2ccccc2-c2cc(N(c3ccc4c(c3)-c3ccccc3C4(c3ccccc3)c3ccccc3)c3ccc4c5ccccc5n(-c5ccccc5)c4c3)ccc21. The Morgan fingerprint density at radius 3 is 1.48 bits per heavy atom. The van der Waals surface area contributed by atoms with Gasteiger partial charge in [0.05, 0.1) is 16.4 Å². The van der Waals surface area contributed by atoms with Crippen LogP contribution in [0.2, 0.25) is 0 Å². The minimum absolute atomic E-state index is 0.0830. The molecule has 0 radical (unpaired) electrons. The molecule has 0 spiro atoms. The van der Waals surface area contributed by atoms with Crippen LogP contribution in [0.4, 0.5) is 17.1 Å². The van der Waals surface area contributed by atoms with Crippen molar-refractivity contribution in [2.45, 2.75) is 24.7 Å². The van der Waals surface area contributed by atoms with Crippen LogP contribution in [0.1, 0.15) is 47.2 Å². The number of benzene rings is 9. The summed E-state index contributed by atoms with van der Waals surface area (Å²) in [7, 11) is 0. The largest absolute Gasteiger partial charge is 0.310 e. The molecule has 2 heteroatoms. The van der Waals surface area contributed by atoms with Crippen molar-refractivity contribution in [2.75, 3.05) is 4.90 Å². The molecular weight excluding hydrogens is 725 g/mol. The molecule has 60 heavy (non-hydrogen) atoms. The Morgan fingerprint density at radius 1 is 0.350 bits per heavy atom. The molecule has 0 atom stereocenters. The molecule has 0 N–H and O–H groups in total. The van der Waals surface area contributed by atoms with E-state index in [9.17, 15) is 0 Å². The van der Waals surface area contributed by atoms with Gasteiger partial charge in [-0.3, -0.25) is 0 Å². The van der Waals surface area contributed by atoms with Crippen LogP contribution in [-0.4, -0.2) is 4.57 Å². The van der Waals surface area contributed by atoms with Gasteiger partial charge in [-0.25, -0.2) is 0 Å². The second-order valence-corrected chi connectivity index (χ2v) is 16.9. The van der Waals surface area contributed by atoms with Crippen LogP contribution >= 0.6 is 0 Å². The Morgan fingerprint density at radius 2 is 0.800 bits per heavy atom. The highest BCUT2D eigenvalue weighted by Gasteiger charge is 2.46. The van der Waals surface area contributed by atoms with Crippen LogP contribution in [0.5, 0.6) is 0 Å². The molecule has 0 aliphatic heterocycles. The molecule has 0 unspecified atom stereocenters. The van der Waals surface area contributed by atoms with Gasteiger partial charge in [-0.2, -0.15) is 0 Å². The quantitative estimate of drug-likeness (QED) is 0.164. The van der Waals surface area contributed by atoms with E-state index in [4.69, 9.17) is 0 Å². The Bertz CT molecular complexity index is 3240. The number of nitrogens with zero attached hydrogens (tertiary/aromatic N) is 2. The van der Waals surface area contributed by atoms with E-state index < -0.39 is 5.41 Å². The number of hydrogen-bond donors (Lipinski definition) is 0. The van der Waals surface area contributed by atoms with E-state index in [-0.39, 0.29) is 5.41 Å². The molecule has 0 fully saturated rings. The molecule has 284 valence electrons. The summed E-state index contributed by atoms with van der Waals surface area (Å²) in [6.45, 7) is 4.71. The van der Waals surface area contributed by atoms with Crippen molar-refractivity contribution in [1.82, 2.24) is 4.57 Å². The molecule has 2 aliphatic rings. The van der Waals surface area contributed by atoms with Gasteiger partial charge in [-0.15, -0.1) is 0 Å². The summed E-state index contributed by atoms with van der Waals surface area (Å²) < 4.78 is 2.42. The van der Waals surface area contributed by atoms with E-state index in [1.807, 2.05) is 0 Å². The maximum atomic E-state index is 2.48. The van der Waals surface area contributed by atoms with Crippen molar-refractivity contribution in [3.05, 3.63) is 252 Å². The Kier molecular flexibility index (Phi) is 7.52. The van der Waals surface area contributed by atoms with Crippen LogP contribution in [0.3, 0.4) is 0 Å². The second-order valence-electron chi connectivity index (χ2n) is 16.9. The van der Waals surface area contributed by atoms with Crippen LogP contribution < -0.4 is 4.90 Å². The van der Waals surface area contributed by atoms with E-state index in [1.165, 1.54) is 77.4 Å². The molecule has 9 aromatic carbocycles. The molecule has 0 amide bonds. The van der Waals surface area contributed by atoms with Crippen molar-refractivity contribution in [3.63, 3.8) is 0 Å². The zero-order valence-corrected chi connectivity index (χ0v) is 33.7. The smallest absolute Gasteiger partial charge is 0.0713 e. The normalized spacial score (nSPS) is 14.1. The van der Waals surface area contributed by atoms with Crippen LogP contribution in [0.15, 0.2) is 218 Å². The number of hydrogen-bond acceptors (Lipinski definition) is 1. The fourth-order valence-electron chi connectivity index (χ4n) is 10.8. The average molecular weight is 767 g/mol. The van der Waals surface area contributed by atoms with Crippen molar-refractivity contribution >= 4 is 38.9 Å². The summed E-state index contributed by atoms with van der Waals surface area (Å²) in [5.41, 5.74) is 19.4. The van der Waals surface area contributed by atoms with E-state index in [2.05, 4.69) is 242 Å². The average Bonchev–Trinajstić information content (AvgIpc) is 3.88. The van der Waals surface area contributed by atoms with E-state index in [0.29, 0.717) is 0 Å². The molecule has 12 rings (SSSR count). The summed E-state index contributed by atoms with van der Waals surface area (Å²) in [5.74, 6) is 0. The molecule has 0 saturated heterocycles. The molecule has 1 aromatic heterocycles. The maximum Gasteiger partial charge on any atom is 0.0713 e. The first-order valence-electron chi connectivity index (χ1n) is 21.0. The van der Waals surface area contributed by atoms with E-state index >= 15 is 0 Å². The summed E-state index contributed by atoms with van der Waals surface area (Å²) in [6.07, 6.45) is 0. The van der Waals surface area contributed by atoms with Gasteiger partial charge in [-0.05, 0) is 110 Å². The summed E-state index contributed by atoms with van der Waals surface area (Å²) in [5, 5.41) is 2.49. The fraction of sp³-hybridized carbons (Fsp3) is 0.0690. The van der Waals surface area contributed by atoms with E-state index in [0.717, 1.165) is 22.7 Å². The topological polar surface area (TPSA) is 8.17 Å². The van der Waals surface area contributed by atoms with Gasteiger partial charge >= 0.3 is 0 Å². The predicted octanol–water partition coefficient (Wildman–Crippen LogP) is 14.9. The highest BCUT2D eigenvalue weighted by molar-refractivity contribution is 6.10. The number of para-hydroxylation sites is 2. The highest BCUT2D eigenvalue weighted by atomic mass is 15.1. The summed E-state index contributed by atoms with van der Waals surface area (Å²) in [6, 6.07) is 81.0. The number of anilines is 3. The lowest BCUT2D eigenvalue weighted by Gasteiger charge is -2.34. The van der Waals surface area contributed by atoms with Crippen molar-refractivity contribution in [2.24, 2.45) is 0 Å². The molecule has 2 nitrogen and oxygen atoms in total. The molecule has 1 heterocycles. The van der Waals surface area contributed by atoms with Crippen LogP contribution in [0.25, 0.3) is 49.7 Å². The van der Waals surface area contributed by atoms with Gasteiger partial charge in [0.15, 0.2) is 0 Å². The summed E-state index contributed by atoms with van der Waals surface area (Å²) >= 11 is 0. The molecule has 10 aromatic rings. The van der Waals surface area contributed by atoms with Crippen molar-refractivity contribution < 1.29 is 0 Å². The zero-order valence-electron chi connectivity index (χ0n) is 33.7. The summed E-state index contributed by atoms with van der Waals surface area (Å²) in [4.78, 5) is 2.48. The van der Waals surface area contributed by atoms with E-state index in [1.54, 1.807) is 0 Å². The first-order chi connectivity index (χ1) is 29.5. The zero-order chi connectivity index (χ0) is 40.0. The molecular formula is C58H42N2. The highest BCUT2D eigenvalue weighted by Crippen LogP contribution is 2.58. The third-order valence-electron chi connectivity index (χ3n) is 13.5. The monoisotopic (exact) mass is 766 g/mol. The first kappa shape index (κ1) is 34.6. The van der Waals surface area contributed by atoms with Crippen LogP contribution in [-0.2, 0) is 10.8 Å². The third kappa shape index (κ3) is 4.82. The maximum absolute atomic E-state index is 2.48. The fourth-order valence-corrected chi connectivity index (χ4v) is 10.8. The molecule has 2 aliphatic carbocycles. The number of rotatable bonds is 6. The third-order valence-corrected chi connectivity index (χ3v) is 13.5. The number of fused-ring (bicyclic) bond motifs is 9. The standard InChI is InChI=1S/C58H42N2/c1-57(2)51-27-15-12-24-45(51)49-36-42(31-34-52(49)57)59(44-30-33-48-47-26-14-17-29-55(47)60(56(48)38-44)41-22-10-5-11-23-41)43-32-35-54-50(37-43)46-25-13-16-28-53(46)58(54,39-18-6-3-7-19-39)40-20-8-4-9-21-40/h3-38H,1-2H3. The van der Waals surface area contributed by atoms with Gasteiger partial charge in [0, 0.05) is 38.9 Å². The second kappa shape index (κ2) is 13.0.